The summed E-state index contributed by atoms with van der Waals surface area (Å²) in [7, 11) is 3.97. The zero-order chi connectivity index (χ0) is 18.3. The highest BCUT2D eigenvalue weighted by atomic mass is 16.5. The fourth-order valence-electron chi connectivity index (χ4n) is 6.55. The Kier molecular flexibility index (Phi) is 3.13. The summed E-state index contributed by atoms with van der Waals surface area (Å²) < 4.78 is 12.8. The SMILES string of the molecule is C=CC[N@+]1(C)CC[C@]23c4c5c(OC)cc(O)c4O[C@H]2C(=O)CC[C@H]3[C@H]1C5. The molecular formula is C21H26NO4+. The molecule has 4 aliphatic rings. The predicted molar refractivity (Wildman–Crippen MR) is 96.7 cm³/mol. The summed E-state index contributed by atoms with van der Waals surface area (Å²) in [5, 5.41) is 10.6. The quantitative estimate of drug-likeness (QED) is 0.667. The fourth-order valence-corrected chi connectivity index (χ4v) is 6.55. The van der Waals surface area contributed by atoms with Gasteiger partial charge in [-0.2, -0.15) is 0 Å². The second-order valence-electron chi connectivity index (χ2n) is 8.63. The van der Waals surface area contributed by atoms with E-state index in [1.54, 1.807) is 13.2 Å². The highest BCUT2D eigenvalue weighted by Gasteiger charge is 2.69. The van der Waals surface area contributed by atoms with Crippen LogP contribution in [0.4, 0.5) is 0 Å². The van der Waals surface area contributed by atoms with Crippen LogP contribution in [0.2, 0.25) is 0 Å². The molecule has 1 N–H and O–H groups in total. The van der Waals surface area contributed by atoms with Gasteiger partial charge in [0.25, 0.3) is 0 Å². The second kappa shape index (κ2) is 5.03. The molecule has 0 aromatic heterocycles. The van der Waals surface area contributed by atoms with Crippen LogP contribution in [0, 0.1) is 5.92 Å². The number of nitrogens with zero attached hydrogens (tertiary/aromatic N) is 1. The highest BCUT2D eigenvalue weighted by Crippen LogP contribution is 2.65. The third-order valence-electron chi connectivity index (χ3n) is 7.63. The van der Waals surface area contributed by atoms with E-state index in [1.165, 1.54) is 0 Å². The first-order valence-corrected chi connectivity index (χ1v) is 9.54. The van der Waals surface area contributed by atoms with Gasteiger partial charge in [-0.15, -0.1) is 0 Å². The van der Waals surface area contributed by atoms with E-state index in [2.05, 4.69) is 13.6 Å². The number of quaternary nitrogens is 1. The van der Waals surface area contributed by atoms with Gasteiger partial charge in [-0.1, -0.05) is 6.58 Å². The van der Waals surface area contributed by atoms with Gasteiger partial charge in [-0.3, -0.25) is 4.79 Å². The Morgan fingerprint density at radius 2 is 2.35 bits per heavy atom. The van der Waals surface area contributed by atoms with Gasteiger partial charge >= 0.3 is 0 Å². The molecule has 2 bridgehead atoms. The van der Waals surface area contributed by atoms with E-state index in [1.807, 2.05) is 6.08 Å². The molecule has 5 heteroatoms. The monoisotopic (exact) mass is 356 g/mol. The predicted octanol–water partition coefficient (Wildman–Crippen LogP) is 2.34. The molecule has 0 unspecified atom stereocenters. The van der Waals surface area contributed by atoms with Crippen molar-refractivity contribution >= 4 is 5.78 Å². The third-order valence-corrected chi connectivity index (χ3v) is 7.63. The van der Waals surface area contributed by atoms with E-state index in [0.717, 1.165) is 53.7 Å². The zero-order valence-electron chi connectivity index (χ0n) is 15.5. The molecule has 0 amide bonds. The number of likely N-dealkylation sites (N-methyl/N-ethyl adjacent to an activating group) is 1. The summed E-state index contributed by atoms with van der Waals surface area (Å²) in [6, 6.07) is 2.07. The van der Waals surface area contributed by atoms with E-state index < -0.39 is 6.10 Å². The summed E-state index contributed by atoms with van der Waals surface area (Å²) in [5.74, 6) is 1.93. The van der Waals surface area contributed by atoms with Crippen LogP contribution in [0.1, 0.15) is 30.4 Å². The highest BCUT2D eigenvalue weighted by molar-refractivity contribution is 5.89. The Morgan fingerprint density at radius 1 is 1.54 bits per heavy atom. The average Bonchev–Trinajstić information content (AvgIpc) is 2.97. The largest absolute Gasteiger partial charge is 0.504 e. The van der Waals surface area contributed by atoms with Crippen LogP contribution in [0.15, 0.2) is 18.7 Å². The topological polar surface area (TPSA) is 55.8 Å². The number of aromatic hydroxyl groups is 1. The minimum atomic E-state index is -0.451. The molecule has 2 heterocycles. The fraction of sp³-hybridized carbons (Fsp3) is 0.571. The van der Waals surface area contributed by atoms with Gasteiger partial charge in [0.05, 0.1) is 38.7 Å². The van der Waals surface area contributed by atoms with Crippen molar-refractivity contribution in [1.29, 1.82) is 0 Å². The summed E-state index contributed by atoms with van der Waals surface area (Å²) in [6.07, 6.45) is 4.85. The van der Waals surface area contributed by atoms with Crippen LogP contribution < -0.4 is 9.47 Å². The lowest BCUT2D eigenvalue weighted by Crippen LogP contribution is -2.71. The van der Waals surface area contributed by atoms with Crippen LogP contribution in [0.25, 0.3) is 0 Å². The number of piperidine rings is 1. The zero-order valence-corrected chi connectivity index (χ0v) is 15.5. The number of benzene rings is 1. The number of carbonyl (C=O) groups excluding carboxylic acids is 1. The van der Waals surface area contributed by atoms with Crippen LogP contribution in [-0.4, -0.2) is 54.8 Å². The lowest BCUT2D eigenvalue weighted by atomic mass is 9.51. The molecule has 1 saturated heterocycles. The molecule has 2 aliphatic carbocycles. The molecule has 1 aromatic rings. The summed E-state index contributed by atoms with van der Waals surface area (Å²) in [5.41, 5.74) is 1.90. The number of Topliss-reactive ketones (excluding diaryl/α,β-unsaturated/α-hetero) is 1. The number of ketones is 1. The van der Waals surface area contributed by atoms with Crippen molar-refractivity contribution in [2.24, 2.45) is 5.92 Å². The summed E-state index contributed by atoms with van der Waals surface area (Å²) >= 11 is 0. The summed E-state index contributed by atoms with van der Waals surface area (Å²) in [6.45, 7) is 5.91. The molecule has 1 spiro atoms. The average molecular weight is 356 g/mol. The first-order valence-electron chi connectivity index (χ1n) is 9.54. The van der Waals surface area contributed by atoms with E-state index >= 15 is 0 Å². The number of methoxy groups -OCH3 is 1. The van der Waals surface area contributed by atoms with Gasteiger partial charge in [0.2, 0.25) is 0 Å². The lowest BCUT2D eigenvalue weighted by Gasteiger charge is -2.60. The number of phenolic OH excluding ortho intramolecular Hbond substituents is 1. The van der Waals surface area contributed by atoms with Gasteiger partial charge in [-0.25, -0.2) is 0 Å². The third kappa shape index (κ3) is 1.68. The molecule has 138 valence electrons. The van der Waals surface area contributed by atoms with Crippen LogP contribution in [0.5, 0.6) is 17.2 Å². The Hall–Kier alpha value is -2.01. The standard InChI is InChI=1S/C21H25NO4/c1-4-8-22(2)9-7-21-13-5-6-15(23)20(21)26-19-16(24)11-17(25-3)12(18(19)21)10-14(13)22/h4,11,13-14,20H,1,5-10H2,2-3H3/p+1/t13-,14+,20-,21-,22+/m0/s1. The maximum Gasteiger partial charge on any atom is 0.174 e. The maximum atomic E-state index is 12.8. The number of likely N-dealkylation sites (tertiary alicyclic amines) is 1. The van der Waals surface area contributed by atoms with E-state index in [0.29, 0.717) is 24.1 Å². The van der Waals surface area contributed by atoms with Gasteiger partial charge < -0.3 is 19.1 Å². The van der Waals surface area contributed by atoms with Crippen LogP contribution in [-0.2, 0) is 16.6 Å². The first kappa shape index (κ1) is 16.2. The Balaban J connectivity index is 1.80. The summed E-state index contributed by atoms with van der Waals surface area (Å²) in [4.78, 5) is 12.8. The van der Waals surface area contributed by atoms with Gasteiger partial charge in [0, 0.05) is 42.4 Å². The minimum Gasteiger partial charge on any atom is -0.504 e. The molecule has 5 rings (SSSR count). The Bertz CT molecular complexity index is 834. The number of hydrogen-bond donors (Lipinski definition) is 1. The van der Waals surface area contributed by atoms with Crippen molar-refractivity contribution in [3.05, 3.63) is 29.8 Å². The van der Waals surface area contributed by atoms with Crippen LogP contribution >= 0.6 is 0 Å². The number of phenols is 1. The molecule has 2 fully saturated rings. The molecule has 5 atom stereocenters. The number of ether oxygens (including phenoxy) is 2. The van der Waals surface area contributed by atoms with Gasteiger partial charge in [0.1, 0.15) is 5.75 Å². The molecular weight excluding hydrogens is 330 g/mol. The Labute approximate surface area is 153 Å². The van der Waals surface area contributed by atoms with Crippen molar-refractivity contribution in [3.8, 4) is 17.2 Å². The van der Waals surface area contributed by atoms with Crippen molar-refractivity contribution in [2.75, 3.05) is 27.2 Å². The molecule has 0 radical (unpaired) electrons. The molecule has 5 nitrogen and oxygen atoms in total. The molecule has 1 saturated carbocycles. The normalized spacial score (nSPS) is 39.2. The lowest BCUT2D eigenvalue weighted by molar-refractivity contribution is -0.939. The van der Waals surface area contributed by atoms with Crippen molar-refractivity contribution in [1.82, 2.24) is 0 Å². The number of hydrogen-bond acceptors (Lipinski definition) is 4. The van der Waals surface area contributed by atoms with Crippen molar-refractivity contribution in [3.63, 3.8) is 0 Å². The van der Waals surface area contributed by atoms with E-state index in [9.17, 15) is 9.90 Å². The minimum absolute atomic E-state index is 0.100. The first-order chi connectivity index (χ1) is 12.5. The van der Waals surface area contributed by atoms with Crippen molar-refractivity contribution < 1.29 is 23.9 Å². The van der Waals surface area contributed by atoms with Crippen molar-refractivity contribution in [2.45, 2.75) is 43.2 Å². The van der Waals surface area contributed by atoms with Crippen LogP contribution in [0.3, 0.4) is 0 Å². The molecule has 1 aromatic carbocycles. The number of rotatable bonds is 3. The smallest absolute Gasteiger partial charge is 0.174 e. The number of carbonyl (C=O) groups is 1. The molecule has 26 heavy (non-hydrogen) atoms. The van der Waals surface area contributed by atoms with E-state index in [-0.39, 0.29) is 16.9 Å². The Morgan fingerprint density at radius 3 is 3.08 bits per heavy atom. The second-order valence-corrected chi connectivity index (χ2v) is 8.63. The van der Waals surface area contributed by atoms with Gasteiger partial charge in [0.15, 0.2) is 23.4 Å². The van der Waals surface area contributed by atoms with E-state index in [4.69, 9.17) is 9.47 Å². The molecule has 2 aliphatic heterocycles. The maximum absolute atomic E-state index is 12.8. The van der Waals surface area contributed by atoms with Gasteiger partial charge in [-0.05, 0) is 12.5 Å².